The highest BCUT2D eigenvalue weighted by Gasteiger charge is 2.15. The van der Waals surface area contributed by atoms with Gasteiger partial charge in [0.05, 0.1) is 6.54 Å². The molecule has 1 heterocycles. The molecule has 25 heavy (non-hydrogen) atoms. The quantitative estimate of drug-likeness (QED) is 0.676. The van der Waals surface area contributed by atoms with Crippen molar-refractivity contribution in [3.8, 4) is 17.1 Å². The van der Waals surface area contributed by atoms with Crippen LogP contribution in [0.2, 0.25) is 5.02 Å². The van der Waals surface area contributed by atoms with E-state index in [9.17, 15) is 4.79 Å². The van der Waals surface area contributed by atoms with Gasteiger partial charge in [-0.05, 0) is 24.3 Å². The van der Waals surface area contributed by atoms with Crippen LogP contribution in [-0.2, 0) is 11.3 Å². The van der Waals surface area contributed by atoms with Gasteiger partial charge in [0.2, 0.25) is 11.7 Å². The fraction of sp³-hybridized carbons (Fsp3) is 0.167. The number of carbonyl (C=O) groups excluding carboxylic acids is 1. The van der Waals surface area contributed by atoms with Crippen molar-refractivity contribution in [2.75, 3.05) is 13.7 Å². The first-order chi connectivity index (χ1) is 12.1. The zero-order chi connectivity index (χ0) is 17.6. The van der Waals surface area contributed by atoms with Gasteiger partial charge in [-0.25, -0.2) is 0 Å². The lowest BCUT2D eigenvalue weighted by Gasteiger charge is -2.15. The lowest BCUT2D eigenvalue weighted by atomic mass is 10.2. The second-order valence-electron chi connectivity index (χ2n) is 5.37. The standard InChI is InChI=1S/C18H16ClN3O3/c1-22(17(23)12-24-15-9-7-14(19)8-10-15)11-16-20-18(21-25-16)13-5-3-2-4-6-13/h2-10H,11-12H2,1H3. The molecular weight excluding hydrogens is 342 g/mol. The molecule has 7 heteroatoms. The van der Waals surface area contributed by atoms with Crippen molar-refractivity contribution in [3.05, 3.63) is 65.5 Å². The summed E-state index contributed by atoms with van der Waals surface area (Å²) < 4.78 is 10.6. The van der Waals surface area contributed by atoms with Crippen molar-refractivity contribution < 1.29 is 14.1 Å². The Bertz CT molecular complexity index is 834. The molecule has 2 aromatic carbocycles. The summed E-state index contributed by atoms with van der Waals surface area (Å²) in [4.78, 5) is 17.9. The van der Waals surface area contributed by atoms with Crippen molar-refractivity contribution in [1.29, 1.82) is 0 Å². The SMILES string of the molecule is CN(Cc1nc(-c2ccccc2)no1)C(=O)COc1ccc(Cl)cc1. The number of nitrogens with zero attached hydrogens (tertiary/aromatic N) is 3. The van der Waals surface area contributed by atoms with Crippen LogP contribution in [0.15, 0.2) is 59.1 Å². The van der Waals surface area contributed by atoms with Gasteiger partial charge in [-0.3, -0.25) is 4.79 Å². The number of likely N-dealkylation sites (N-methyl/N-ethyl adjacent to an activating group) is 1. The molecule has 0 atom stereocenters. The second-order valence-corrected chi connectivity index (χ2v) is 5.81. The van der Waals surface area contributed by atoms with E-state index in [1.54, 1.807) is 31.3 Å². The zero-order valence-corrected chi connectivity index (χ0v) is 14.3. The first kappa shape index (κ1) is 17.0. The van der Waals surface area contributed by atoms with Gasteiger partial charge in [0.25, 0.3) is 5.91 Å². The van der Waals surface area contributed by atoms with E-state index in [-0.39, 0.29) is 19.1 Å². The number of hydrogen-bond donors (Lipinski definition) is 0. The summed E-state index contributed by atoms with van der Waals surface area (Å²) in [6.07, 6.45) is 0. The van der Waals surface area contributed by atoms with Crippen LogP contribution in [0.1, 0.15) is 5.89 Å². The second kappa shape index (κ2) is 7.81. The number of hydrogen-bond acceptors (Lipinski definition) is 5. The number of halogens is 1. The fourth-order valence-electron chi connectivity index (χ4n) is 2.10. The fourth-order valence-corrected chi connectivity index (χ4v) is 2.23. The van der Waals surface area contributed by atoms with Crippen LogP contribution in [0.4, 0.5) is 0 Å². The van der Waals surface area contributed by atoms with Gasteiger partial charge in [0.1, 0.15) is 5.75 Å². The predicted molar refractivity (Wildman–Crippen MR) is 93.2 cm³/mol. The molecule has 0 aliphatic carbocycles. The number of ether oxygens (including phenoxy) is 1. The Morgan fingerprint density at radius 2 is 1.88 bits per heavy atom. The Hall–Kier alpha value is -2.86. The summed E-state index contributed by atoms with van der Waals surface area (Å²) in [5.41, 5.74) is 0.859. The summed E-state index contributed by atoms with van der Waals surface area (Å²) in [7, 11) is 1.65. The minimum atomic E-state index is -0.200. The maximum absolute atomic E-state index is 12.1. The topological polar surface area (TPSA) is 68.5 Å². The van der Waals surface area contributed by atoms with Gasteiger partial charge in [0, 0.05) is 17.6 Å². The van der Waals surface area contributed by atoms with Gasteiger partial charge in [-0.2, -0.15) is 4.98 Å². The van der Waals surface area contributed by atoms with E-state index in [2.05, 4.69) is 10.1 Å². The molecule has 3 rings (SSSR count). The molecule has 0 saturated carbocycles. The molecule has 0 aliphatic heterocycles. The molecule has 128 valence electrons. The lowest BCUT2D eigenvalue weighted by Crippen LogP contribution is -2.31. The van der Waals surface area contributed by atoms with Crippen LogP contribution in [0.5, 0.6) is 5.75 Å². The maximum atomic E-state index is 12.1. The first-order valence-electron chi connectivity index (χ1n) is 7.62. The van der Waals surface area contributed by atoms with Gasteiger partial charge in [-0.1, -0.05) is 47.1 Å². The normalized spacial score (nSPS) is 10.5. The smallest absolute Gasteiger partial charge is 0.260 e. The Balaban J connectivity index is 1.54. The molecule has 1 amide bonds. The van der Waals surface area contributed by atoms with Gasteiger partial charge >= 0.3 is 0 Å². The Morgan fingerprint density at radius 1 is 1.16 bits per heavy atom. The van der Waals surface area contributed by atoms with Crippen LogP contribution in [-0.4, -0.2) is 34.6 Å². The third kappa shape index (κ3) is 4.58. The summed E-state index contributed by atoms with van der Waals surface area (Å²) >= 11 is 5.81. The van der Waals surface area contributed by atoms with E-state index in [4.69, 9.17) is 20.9 Å². The van der Waals surface area contributed by atoms with Crippen molar-refractivity contribution in [1.82, 2.24) is 15.0 Å². The Morgan fingerprint density at radius 3 is 2.60 bits per heavy atom. The average Bonchev–Trinajstić information content (AvgIpc) is 3.10. The molecule has 3 aromatic rings. The van der Waals surface area contributed by atoms with E-state index in [1.165, 1.54) is 4.90 Å². The van der Waals surface area contributed by atoms with Gasteiger partial charge in [0.15, 0.2) is 6.61 Å². The molecule has 0 bridgehead atoms. The van der Waals surface area contributed by atoms with Crippen LogP contribution in [0, 0.1) is 0 Å². The average molecular weight is 358 g/mol. The first-order valence-corrected chi connectivity index (χ1v) is 8.00. The molecule has 0 saturated heterocycles. The highest BCUT2D eigenvalue weighted by atomic mass is 35.5. The van der Waals surface area contributed by atoms with Crippen LogP contribution in [0.3, 0.4) is 0 Å². The molecule has 0 spiro atoms. The zero-order valence-electron chi connectivity index (χ0n) is 13.6. The van der Waals surface area contributed by atoms with Crippen LogP contribution in [0.25, 0.3) is 11.4 Å². The van der Waals surface area contributed by atoms with E-state index in [1.807, 2.05) is 30.3 Å². The maximum Gasteiger partial charge on any atom is 0.260 e. The minimum Gasteiger partial charge on any atom is -0.484 e. The number of benzene rings is 2. The van der Waals surface area contributed by atoms with E-state index in [0.717, 1.165) is 5.56 Å². The number of rotatable bonds is 6. The third-order valence-corrected chi connectivity index (χ3v) is 3.73. The third-order valence-electron chi connectivity index (χ3n) is 3.47. The number of aromatic nitrogens is 2. The Kier molecular flexibility index (Phi) is 5.30. The Labute approximate surface area is 150 Å². The highest BCUT2D eigenvalue weighted by molar-refractivity contribution is 6.30. The molecule has 6 nitrogen and oxygen atoms in total. The number of amides is 1. The summed E-state index contributed by atoms with van der Waals surface area (Å²) in [5.74, 6) is 1.24. The summed E-state index contributed by atoms with van der Waals surface area (Å²) in [5, 5.41) is 4.55. The molecule has 0 unspecified atom stereocenters. The highest BCUT2D eigenvalue weighted by Crippen LogP contribution is 2.17. The largest absolute Gasteiger partial charge is 0.484 e. The molecule has 0 N–H and O–H groups in total. The van der Waals surface area contributed by atoms with E-state index >= 15 is 0 Å². The molecule has 1 aromatic heterocycles. The van der Waals surface area contributed by atoms with E-state index in [0.29, 0.717) is 22.5 Å². The summed E-state index contributed by atoms with van der Waals surface area (Å²) in [6, 6.07) is 16.3. The van der Waals surface area contributed by atoms with Crippen molar-refractivity contribution in [2.24, 2.45) is 0 Å². The predicted octanol–water partition coefficient (Wildman–Crippen LogP) is 3.43. The van der Waals surface area contributed by atoms with Crippen molar-refractivity contribution in [3.63, 3.8) is 0 Å². The van der Waals surface area contributed by atoms with Crippen molar-refractivity contribution in [2.45, 2.75) is 6.54 Å². The van der Waals surface area contributed by atoms with E-state index < -0.39 is 0 Å². The lowest BCUT2D eigenvalue weighted by molar-refractivity contribution is -0.132. The van der Waals surface area contributed by atoms with Crippen molar-refractivity contribution >= 4 is 17.5 Å². The van der Waals surface area contributed by atoms with Crippen LogP contribution >= 0.6 is 11.6 Å². The summed E-state index contributed by atoms with van der Waals surface area (Å²) in [6.45, 7) is 0.125. The molecule has 0 aliphatic rings. The van der Waals surface area contributed by atoms with Gasteiger partial charge < -0.3 is 14.2 Å². The molecule has 0 fully saturated rings. The van der Waals surface area contributed by atoms with Crippen LogP contribution < -0.4 is 4.74 Å². The van der Waals surface area contributed by atoms with Gasteiger partial charge in [-0.15, -0.1) is 0 Å². The number of carbonyl (C=O) groups is 1. The molecular formula is C18H16ClN3O3. The monoisotopic (exact) mass is 357 g/mol. The minimum absolute atomic E-state index is 0.0855. The molecule has 0 radical (unpaired) electrons.